The van der Waals surface area contributed by atoms with E-state index in [2.05, 4.69) is 36.6 Å². The highest BCUT2D eigenvalue weighted by molar-refractivity contribution is 7.80. The number of nitrogens with zero attached hydrogens (tertiary/aromatic N) is 1. The summed E-state index contributed by atoms with van der Waals surface area (Å²) in [7, 11) is 1.75. The Labute approximate surface area is 155 Å². The Kier molecular flexibility index (Phi) is 6.53. The summed E-state index contributed by atoms with van der Waals surface area (Å²) in [6, 6.07) is 15.9. The summed E-state index contributed by atoms with van der Waals surface area (Å²) < 4.78 is 0. The van der Waals surface area contributed by atoms with Crippen molar-refractivity contribution >= 4 is 40.3 Å². The first-order chi connectivity index (χ1) is 11.9. The van der Waals surface area contributed by atoms with Crippen LogP contribution in [-0.4, -0.2) is 18.1 Å². The molecule has 0 aliphatic heterocycles. The van der Waals surface area contributed by atoms with Crippen LogP contribution in [-0.2, 0) is 4.79 Å². The molecule has 0 aliphatic carbocycles. The van der Waals surface area contributed by atoms with Crippen molar-refractivity contribution in [3.8, 4) is 0 Å². The monoisotopic (exact) mass is 355 g/mol. The SMILES string of the molecule is CC[C@@H](C)c1ccc(NC(=S)Nc2ccc(N(C)C(C)=O)cc2)cc1. The summed E-state index contributed by atoms with van der Waals surface area (Å²) in [6.07, 6.45) is 1.13. The van der Waals surface area contributed by atoms with Crippen LogP contribution in [0.25, 0.3) is 0 Å². The molecule has 0 saturated carbocycles. The standard InChI is InChI=1S/C20H25N3OS/c1-5-14(2)16-6-8-17(9-7-16)21-20(25)22-18-10-12-19(13-11-18)23(4)15(3)24/h6-14H,5H2,1-4H3,(H2,21,22,25)/t14-/m1/s1. The maximum Gasteiger partial charge on any atom is 0.223 e. The lowest BCUT2D eigenvalue weighted by molar-refractivity contribution is -0.116. The molecule has 0 aromatic heterocycles. The van der Waals surface area contributed by atoms with Gasteiger partial charge in [-0.05, 0) is 66.5 Å². The van der Waals surface area contributed by atoms with E-state index in [0.717, 1.165) is 23.5 Å². The first kappa shape index (κ1) is 18.9. The zero-order chi connectivity index (χ0) is 18.4. The molecule has 1 amide bonds. The summed E-state index contributed by atoms with van der Waals surface area (Å²) in [5, 5.41) is 6.87. The second kappa shape index (κ2) is 8.62. The number of hydrogen-bond acceptors (Lipinski definition) is 2. The molecule has 2 rings (SSSR count). The van der Waals surface area contributed by atoms with Gasteiger partial charge in [0.1, 0.15) is 0 Å². The third kappa shape index (κ3) is 5.29. The summed E-state index contributed by atoms with van der Waals surface area (Å²) in [5.41, 5.74) is 4.00. The number of benzene rings is 2. The van der Waals surface area contributed by atoms with Crippen molar-refractivity contribution in [1.82, 2.24) is 0 Å². The van der Waals surface area contributed by atoms with Gasteiger partial charge in [0.2, 0.25) is 5.91 Å². The lowest BCUT2D eigenvalue weighted by Crippen LogP contribution is -2.23. The van der Waals surface area contributed by atoms with E-state index in [4.69, 9.17) is 12.2 Å². The van der Waals surface area contributed by atoms with Gasteiger partial charge in [-0.25, -0.2) is 0 Å². The highest BCUT2D eigenvalue weighted by Gasteiger charge is 2.06. The van der Waals surface area contributed by atoms with Crippen LogP contribution in [0.4, 0.5) is 17.1 Å². The van der Waals surface area contributed by atoms with Crippen molar-refractivity contribution < 1.29 is 4.79 Å². The number of carbonyl (C=O) groups is 1. The van der Waals surface area contributed by atoms with E-state index in [1.807, 2.05) is 36.4 Å². The minimum absolute atomic E-state index is 0.00117. The molecule has 2 aromatic rings. The molecule has 1 atom stereocenters. The number of thiocarbonyl (C=S) groups is 1. The number of carbonyl (C=O) groups excluding carboxylic acids is 1. The van der Waals surface area contributed by atoms with Gasteiger partial charge in [-0.1, -0.05) is 26.0 Å². The second-order valence-corrected chi connectivity index (χ2v) is 6.54. The Hall–Kier alpha value is -2.40. The summed E-state index contributed by atoms with van der Waals surface area (Å²) >= 11 is 5.36. The predicted molar refractivity (Wildman–Crippen MR) is 111 cm³/mol. The Balaban J connectivity index is 1.95. The van der Waals surface area contributed by atoms with Gasteiger partial charge in [0.25, 0.3) is 0 Å². The number of hydrogen-bond donors (Lipinski definition) is 2. The Bertz CT molecular complexity index is 726. The van der Waals surface area contributed by atoms with E-state index in [0.29, 0.717) is 11.0 Å². The van der Waals surface area contributed by atoms with Crippen molar-refractivity contribution in [3.63, 3.8) is 0 Å². The minimum Gasteiger partial charge on any atom is -0.332 e. The normalized spacial score (nSPS) is 11.5. The number of rotatable bonds is 5. The lowest BCUT2D eigenvalue weighted by atomic mass is 9.99. The highest BCUT2D eigenvalue weighted by atomic mass is 32.1. The van der Waals surface area contributed by atoms with Crippen LogP contribution >= 0.6 is 12.2 Å². The molecule has 2 N–H and O–H groups in total. The molecule has 0 radical (unpaired) electrons. The molecule has 0 aliphatic rings. The van der Waals surface area contributed by atoms with Gasteiger partial charge in [0, 0.05) is 31.0 Å². The Morgan fingerprint density at radius 1 is 1.04 bits per heavy atom. The van der Waals surface area contributed by atoms with E-state index < -0.39 is 0 Å². The van der Waals surface area contributed by atoms with Crippen LogP contribution < -0.4 is 15.5 Å². The molecule has 0 fully saturated rings. The zero-order valence-corrected chi connectivity index (χ0v) is 16.0. The van der Waals surface area contributed by atoms with Gasteiger partial charge in [-0.2, -0.15) is 0 Å². The number of nitrogens with one attached hydrogen (secondary N) is 2. The van der Waals surface area contributed by atoms with Gasteiger partial charge in [-0.3, -0.25) is 4.79 Å². The van der Waals surface area contributed by atoms with Crippen LogP contribution in [0, 0.1) is 0 Å². The molecule has 0 heterocycles. The maximum atomic E-state index is 11.4. The average molecular weight is 356 g/mol. The van der Waals surface area contributed by atoms with Crippen molar-refractivity contribution in [2.75, 3.05) is 22.6 Å². The molecule has 0 bridgehead atoms. The molecular formula is C20H25N3OS. The van der Waals surface area contributed by atoms with E-state index in [1.165, 1.54) is 12.5 Å². The molecule has 132 valence electrons. The predicted octanol–water partition coefficient (Wildman–Crippen LogP) is 4.99. The van der Waals surface area contributed by atoms with Crippen molar-refractivity contribution in [2.24, 2.45) is 0 Å². The third-order valence-corrected chi connectivity index (χ3v) is 4.54. The van der Waals surface area contributed by atoms with Crippen molar-refractivity contribution in [2.45, 2.75) is 33.1 Å². The van der Waals surface area contributed by atoms with E-state index in [1.54, 1.807) is 11.9 Å². The molecule has 2 aromatic carbocycles. The third-order valence-electron chi connectivity index (χ3n) is 4.33. The fourth-order valence-electron chi connectivity index (χ4n) is 2.37. The molecule has 5 heteroatoms. The van der Waals surface area contributed by atoms with Crippen LogP contribution in [0.1, 0.15) is 38.7 Å². The van der Waals surface area contributed by atoms with Crippen LogP contribution in [0.3, 0.4) is 0 Å². The van der Waals surface area contributed by atoms with Gasteiger partial charge in [0.05, 0.1) is 0 Å². The average Bonchev–Trinajstić information content (AvgIpc) is 2.61. The smallest absolute Gasteiger partial charge is 0.223 e. The summed E-state index contributed by atoms with van der Waals surface area (Å²) in [5.74, 6) is 0.560. The van der Waals surface area contributed by atoms with Crippen LogP contribution in [0.2, 0.25) is 0 Å². The van der Waals surface area contributed by atoms with Gasteiger partial charge >= 0.3 is 0 Å². The van der Waals surface area contributed by atoms with Gasteiger partial charge in [-0.15, -0.1) is 0 Å². The lowest BCUT2D eigenvalue weighted by Gasteiger charge is -2.16. The van der Waals surface area contributed by atoms with Crippen LogP contribution in [0.15, 0.2) is 48.5 Å². The molecule has 25 heavy (non-hydrogen) atoms. The fraction of sp³-hybridized carbons (Fsp3) is 0.300. The van der Waals surface area contributed by atoms with Crippen molar-refractivity contribution in [1.29, 1.82) is 0 Å². The van der Waals surface area contributed by atoms with E-state index in [-0.39, 0.29) is 5.91 Å². The highest BCUT2D eigenvalue weighted by Crippen LogP contribution is 2.21. The molecule has 0 unspecified atom stereocenters. The summed E-state index contributed by atoms with van der Waals surface area (Å²) in [6.45, 7) is 5.95. The van der Waals surface area contributed by atoms with Gasteiger partial charge < -0.3 is 15.5 Å². The van der Waals surface area contributed by atoms with Crippen LogP contribution in [0.5, 0.6) is 0 Å². The fourth-order valence-corrected chi connectivity index (χ4v) is 2.61. The minimum atomic E-state index is -0.00117. The molecule has 0 saturated heterocycles. The van der Waals surface area contributed by atoms with Crippen molar-refractivity contribution in [3.05, 3.63) is 54.1 Å². The molecule has 4 nitrogen and oxygen atoms in total. The number of amides is 1. The maximum absolute atomic E-state index is 11.4. The second-order valence-electron chi connectivity index (χ2n) is 6.14. The first-order valence-electron chi connectivity index (χ1n) is 8.43. The molecular weight excluding hydrogens is 330 g/mol. The quantitative estimate of drug-likeness (QED) is 0.742. The van der Waals surface area contributed by atoms with E-state index in [9.17, 15) is 4.79 Å². The Morgan fingerprint density at radius 2 is 1.52 bits per heavy atom. The largest absolute Gasteiger partial charge is 0.332 e. The topological polar surface area (TPSA) is 44.4 Å². The molecule has 0 spiro atoms. The first-order valence-corrected chi connectivity index (χ1v) is 8.84. The number of anilines is 3. The summed E-state index contributed by atoms with van der Waals surface area (Å²) in [4.78, 5) is 13.0. The Morgan fingerprint density at radius 3 is 1.96 bits per heavy atom. The van der Waals surface area contributed by atoms with E-state index >= 15 is 0 Å². The zero-order valence-electron chi connectivity index (χ0n) is 15.2. The van der Waals surface area contributed by atoms with Gasteiger partial charge in [0.15, 0.2) is 5.11 Å².